The second kappa shape index (κ2) is 4.23. The van der Waals surface area contributed by atoms with Crippen molar-refractivity contribution < 1.29 is 9.18 Å². The van der Waals surface area contributed by atoms with Gasteiger partial charge in [-0.15, -0.1) is 0 Å². The smallest absolute Gasteiger partial charge is 0.152 e. The van der Waals surface area contributed by atoms with E-state index in [1.165, 1.54) is 12.1 Å². The molecule has 0 saturated carbocycles. The van der Waals surface area contributed by atoms with Crippen LogP contribution in [0, 0.1) is 12.7 Å². The van der Waals surface area contributed by atoms with Crippen molar-refractivity contribution in [3.05, 3.63) is 53.6 Å². The summed E-state index contributed by atoms with van der Waals surface area (Å²) >= 11 is 0. The largest absolute Gasteiger partial charge is 0.298 e. The molecule has 0 unspecified atom stereocenters. The van der Waals surface area contributed by atoms with Crippen molar-refractivity contribution in [2.24, 2.45) is 0 Å². The Morgan fingerprint density at radius 3 is 2.50 bits per heavy atom. The number of aromatic nitrogens is 1. The number of aryl methyl sites for hydroxylation is 1. The molecule has 1 aromatic heterocycles. The quantitative estimate of drug-likeness (QED) is 0.721. The van der Waals surface area contributed by atoms with Gasteiger partial charge in [-0.25, -0.2) is 4.39 Å². The number of nitrogens with zero attached hydrogens (tertiary/aromatic N) is 1. The number of benzene rings is 1. The van der Waals surface area contributed by atoms with Gasteiger partial charge in [0, 0.05) is 17.5 Å². The molecule has 0 saturated heterocycles. The van der Waals surface area contributed by atoms with Crippen LogP contribution < -0.4 is 0 Å². The summed E-state index contributed by atoms with van der Waals surface area (Å²) in [6.07, 6.45) is 2.19. The lowest BCUT2D eigenvalue weighted by molar-refractivity contribution is 0.112. The Morgan fingerprint density at radius 2 is 1.94 bits per heavy atom. The molecule has 3 heteroatoms. The van der Waals surface area contributed by atoms with Crippen LogP contribution in [0.1, 0.15) is 16.1 Å². The molecular formula is C13H10FNO. The molecule has 0 spiro atoms. The van der Waals surface area contributed by atoms with Crippen molar-refractivity contribution in [1.29, 1.82) is 0 Å². The zero-order valence-corrected chi connectivity index (χ0v) is 8.77. The highest BCUT2D eigenvalue weighted by Crippen LogP contribution is 2.20. The van der Waals surface area contributed by atoms with Crippen molar-refractivity contribution >= 4 is 6.29 Å². The maximum Gasteiger partial charge on any atom is 0.152 e. The number of halogens is 1. The summed E-state index contributed by atoms with van der Waals surface area (Å²) in [4.78, 5) is 14.6. The van der Waals surface area contributed by atoms with Gasteiger partial charge in [-0.3, -0.25) is 9.78 Å². The molecule has 1 heterocycles. The molecule has 80 valence electrons. The summed E-state index contributed by atoms with van der Waals surface area (Å²) in [6, 6.07) is 8.26. The van der Waals surface area contributed by atoms with Crippen molar-refractivity contribution in [1.82, 2.24) is 4.98 Å². The third-order valence-electron chi connectivity index (χ3n) is 2.37. The first-order chi connectivity index (χ1) is 7.70. The minimum atomic E-state index is -0.506. The van der Waals surface area contributed by atoms with Crippen LogP contribution in [0.4, 0.5) is 4.39 Å². The van der Waals surface area contributed by atoms with Gasteiger partial charge in [0.25, 0.3) is 0 Å². The predicted octanol–water partition coefficient (Wildman–Crippen LogP) is 3.01. The molecule has 0 fully saturated rings. The van der Waals surface area contributed by atoms with Gasteiger partial charge in [-0.1, -0.05) is 12.1 Å². The Labute approximate surface area is 92.8 Å². The lowest BCUT2D eigenvalue weighted by atomic mass is 10.1. The fraction of sp³-hybridized carbons (Fsp3) is 0.0769. The summed E-state index contributed by atoms with van der Waals surface area (Å²) in [7, 11) is 0. The predicted molar refractivity (Wildman–Crippen MR) is 59.8 cm³/mol. The molecule has 0 aliphatic rings. The van der Waals surface area contributed by atoms with Crippen LogP contribution in [-0.4, -0.2) is 11.3 Å². The molecule has 0 atom stereocenters. The van der Waals surface area contributed by atoms with Crippen LogP contribution in [-0.2, 0) is 0 Å². The van der Waals surface area contributed by atoms with E-state index in [1.54, 1.807) is 12.3 Å². The molecule has 0 amide bonds. The zero-order valence-electron chi connectivity index (χ0n) is 8.77. The molecule has 2 aromatic rings. The maximum absolute atomic E-state index is 13.4. The van der Waals surface area contributed by atoms with Gasteiger partial charge in [0.1, 0.15) is 5.82 Å². The monoisotopic (exact) mass is 215 g/mol. The number of hydrogen-bond acceptors (Lipinski definition) is 2. The lowest BCUT2D eigenvalue weighted by Gasteiger charge is -2.03. The second-order valence-corrected chi connectivity index (χ2v) is 3.54. The molecule has 0 N–H and O–H groups in total. The summed E-state index contributed by atoms with van der Waals surface area (Å²) in [5.41, 5.74) is 2.54. The van der Waals surface area contributed by atoms with E-state index in [0.717, 1.165) is 16.8 Å². The topological polar surface area (TPSA) is 30.0 Å². The van der Waals surface area contributed by atoms with Crippen LogP contribution in [0.3, 0.4) is 0 Å². The minimum absolute atomic E-state index is 0.0730. The highest BCUT2D eigenvalue weighted by molar-refractivity contribution is 5.77. The van der Waals surface area contributed by atoms with Gasteiger partial charge in [0.15, 0.2) is 6.29 Å². The van der Waals surface area contributed by atoms with E-state index < -0.39 is 5.82 Å². The molecule has 1 aromatic carbocycles. The molecule has 0 aliphatic carbocycles. The first kappa shape index (κ1) is 10.5. The van der Waals surface area contributed by atoms with Crippen LogP contribution in [0.15, 0.2) is 36.5 Å². The molecule has 0 aliphatic heterocycles. The number of hydrogen-bond donors (Lipinski definition) is 0. The van der Waals surface area contributed by atoms with Crippen molar-refractivity contribution in [2.75, 3.05) is 0 Å². The van der Waals surface area contributed by atoms with Crippen LogP contribution in [0.5, 0.6) is 0 Å². The Kier molecular flexibility index (Phi) is 2.77. The maximum atomic E-state index is 13.4. The summed E-state index contributed by atoms with van der Waals surface area (Å²) in [5.74, 6) is -0.506. The van der Waals surface area contributed by atoms with Crippen molar-refractivity contribution in [2.45, 2.75) is 6.92 Å². The van der Waals surface area contributed by atoms with Crippen LogP contribution >= 0.6 is 0 Å². The van der Waals surface area contributed by atoms with Gasteiger partial charge in [-0.2, -0.15) is 0 Å². The summed E-state index contributed by atoms with van der Waals surface area (Å²) in [5, 5.41) is 0. The number of aldehydes is 1. The third-order valence-corrected chi connectivity index (χ3v) is 2.37. The lowest BCUT2D eigenvalue weighted by Crippen LogP contribution is -1.89. The molecule has 0 radical (unpaired) electrons. The Balaban J connectivity index is 2.45. The van der Waals surface area contributed by atoms with Gasteiger partial charge >= 0.3 is 0 Å². The summed E-state index contributed by atoms with van der Waals surface area (Å²) < 4.78 is 13.4. The normalized spacial score (nSPS) is 10.1. The summed E-state index contributed by atoms with van der Waals surface area (Å²) in [6.45, 7) is 1.89. The van der Waals surface area contributed by atoms with E-state index in [-0.39, 0.29) is 5.56 Å². The average molecular weight is 215 g/mol. The molecule has 16 heavy (non-hydrogen) atoms. The second-order valence-electron chi connectivity index (χ2n) is 3.54. The molecular weight excluding hydrogens is 205 g/mol. The average Bonchev–Trinajstić information content (AvgIpc) is 2.30. The minimum Gasteiger partial charge on any atom is -0.298 e. The zero-order chi connectivity index (χ0) is 11.5. The fourth-order valence-electron chi connectivity index (χ4n) is 1.44. The van der Waals surface area contributed by atoms with E-state index in [4.69, 9.17) is 0 Å². The molecule has 2 nitrogen and oxygen atoms in total. The van der Waals surface area contributed by atoms with Crippen LogP contribution in [0.2, 0.25) is 0 Å². The van der Waals surface area contributed by atoms with E-state index in [1.807, 2.05) is 19.1 Å². The standard InChI is InChI=1S/C13H10FNO/c1-9-2-3-11(7-15-9)10-4-5-12(8-16)13(14)6-10/h2-8H,1H3. The van der Waals surface area contributed by atoms with Crippen LogP contribution in [0.25, 0.3) is 11.1 Å². The highest BCUT2D eigenvalue weighted by atomic mass is 19.1. The van der Waals surface area contributed by atoms with Crippen molar-refractivity contribution in [3.63, 3.8) is 0 Å². The number of rotatable bonds is 2. The Hall–Kier alpha value is -2.03. The van der Waals surface area contributed by atoms with Gasteiger partial charge in [0.2, 0.25) is 0 Å². The van der Waals surface area contributed by atoms with Gasteiger partial charge in [0.05, 0.1) is 5.56 Å². The Morgan fingerprint density at radius 1 is 1.19 bits per heavy atom. The Bertz CT molecular complexity index is 520. The van der Waals surface area contributed by atoms with Gasteiger partial charge < -0.3 is 0 Å². The molecule has 2 rings (SSSR count). The SMILES string of the molecule is Cc1ccc(-c2ccc(C=O)c(F)c2)cn1. The fourth-order valence-corrected chi connectivity index (χ4v) is 1.44. The van der Waals surface area contributed by atoms with Gasteiger partial charge in [-0.05, 0) is 30.7 Å². The van der Waals surface area contributed by atoms with Crippen molar-refractivity contribution in [3.8, 4) is 11.1 Å². The van der Waals surface area contributed by atoms with E-state index in [0.29, 0.717) is 6.29 Å². The van der Waals surface area contributed by atoms with E-state index in [9.17, 15) is 9.18 Å². The third kappa shape index (κ3) is 1.98. The first-order valence-electron chi connectivity index (χ1n) is 4.88. The molecule has 0 bridgehead atoms. The number of pyridine rings is 1. The number of carbonyl (C=O) groups is 1. The number of carbonyl (C=O) groups excluding carboxylic acids is 1. The van der Waals surface area contributed by atoms with E-state index in [2.05, 4.69) is 4.98 Å². The highest BCUT2D eigenvalue weighted by Gasteiger charge is 2.04. The van der Waals surface area contributed by atoms with E-state index >= 15 is 0 Å². The first-order valence-corrected chi connectivity index (χ1v) is 4.88.